The second-order valence-corrected chi connectivity index (χ2v) is 3.20. The maximum Gasteiger partial charge on any atom is 0.0810 e. The van der Waals surface area contributed by atoms with Crippen LogP contribution in [0.25, 0.3) is 0 Å². The molecule has 1 N–H and O–H groups in total. The van der Waals surface area contributed by atoms with Crippen molar-refractivity contribution in [3.05, 3.63) is 0 Å². The minimum Gasteiger partial charge on any atom is -0.391 e. The van der Waals surface area contributed by atoms with Gasteiger partial charge in [-0.3, -0.25) is 0 Å². The van der Waals surface area contributed by atoms with Crippen molar-refractivity contribution in [1.82, 2.24) is 4.90 Å². The van der Waals surface area contributed by atoms with E-state index in [0.29, 0.717) is 0 Å². The number of halogens is 2. The molecule has 82 valence electrons. The van der Waals surface area contributed by atoms with E-state index in [0.717, 1.165) is 0 Å². The molecule has 0 aliphatic heterocycles. The lowest BCUT2D eigenvalue weighted by Gasteiger charge is -2.13. The van der Waals surface area contributed by atoms with E-state index in [9.17, 15) is 0 Å². The number of hydrogen-bond donors (Lipinski definition) is 1. The molecule has 0 aromatic heterocycles. The van der Waals surface area contributed by atoms with Crippen LogP contribution in [0.5, 0.6) is 0 Å². The van der Waals surface area contributed by atoms with Crippen LogP contribution in [0.2, 0.25) is 0 Å². The fraction of sp³-hybridized carbons (Fsp3) is 1.00. The van der Waals surface area contributed by atoms with Gasteiger partial charge in [0.15, 0.2) is 0 Å². The summed E-state index contributed by atoms with van der Waals surface area (Å²) in [5.41, 5.74) is 0. The minimum atomic E-state index is -0.534. The molecule has 2 nitrogen and oxygen atoms in total. The van der Waals surface area contributed by atoms with Gasteiger partial charge in [-0.1, -0.05) is 20.8 Å². The lowest BCUT2D eigenvalue weighted by Crippen LogP contribution is -2.21. The van der Waals surface area contributed by atoms with Gasteiger partial charge < -0.3 is 10.0 Å². The lowest BCUT2D eigenvalue weighted by atomic mass is 10.5. The van der Waals surface area contributed by atoms with Crippen LogP contribution >= 0.6 is 23.2 Å². The molecule has 4 heteroatoms. The maximum absolute atomic E-state index is 8.40. The van der Waals surface area contributed by atoms with Crippen LogP contribution in [0.4, 0.5) is 0 Å². The van der Waals surface area contributed by atoms with E-state index in [4.69, 9.17) is 28.3 Å². The highest BCUT2D eigenvalue weighted by molar-refractivity contribution is 6.21. The Morgan fingerprint density at radius 3 is 1.31 bits per heavy atom. The van der Waals surface area contributed by atoms with Crippen molar-refractivity contribution in [3.8, 4) is 0 Å². The molecule has 0 bridgehead atoms. The molecule has 0 saturated carbocycles. The minimum absolute atomic E-state index is 0.226. The standard InChI is InChI=1S/C6H15N.C3H6Cl2O/c1-4-7(5-2)6-3;4-1-3(6)2-5/h4-6H2,1-3H3;3,6H,1-2H2. The Hall–Kier alpha value is 0.500. The van der Waals surface area contributed by atoms with Crippen molar-refractivity contribution in [3.63, 3.8) is 0 Å². The molecule has 0 atom stereocenters. The summed E-state index contributed by atoms with van der Waals surface area (Å²) in [6.45, 7) is 10.1. The highest BCUT2D eigenvalue weighted by Gasteiger charge is 1.94. The Kier molecular flexibility index (Phi) is 15.3. The number of rotatable bonds is 5. The topological polar surface area (TPSA) is 23.5 Å². The molecule has 0 spiro atoms. The third-order valence-electron chi connectivity index (χ3n) is 1.70. The van der Waals surface area contributed by atoms with E-state index in [-0.39, 0.29) is 11.8 Å². The van der Waals surface area contributed by atoms with Crippen LogP contribution in [0.3, 0.4) is 0 Å². The highest BCUT2D eigenvalue weighted by Crippen LogP contribution is 1.88. The van der Waals surface area contributed by atoms with Gasteiger partial charge in [0.05, 0.1) is 6.10 Å². The first-order valence-corrected chi connectivity index (χ1v) is 5.75. The van der Waals surface area contributed by atoms with Crippen molar-refractivity contribution in [2.45, 2.75) is 26.9 Å². The fourth-order valence-electron chi connectivity index (χ4n) is 0.712. The van der Waals surface area contributed by atoms with E-state index in [1.165, 1.54) is 19.6 Å². The number of alkyl halides is 2. The summed E-state index contributed by atoms with van der Waals surface area (Å²) in [5, 5.41) is 8.40. The Balaban J connectivity index is 0. The molecule has 0 rings (SSSR count). The lowest BCUT2D eigenvalue weighted by molar-refractivity contribution is 0.222. The van der Waals surface area contributed by atoms with Crippen LogP contribution in [0, 0.1) is 0 Å². The van der Waals surface area contributed by atoms with Gasteiger partial charge >= 0.3 is 0 Å². The molecule has 0 aromatic carbocycles. The van der Waals surface area contributed by atoms with Crippen LogP contribution in [0.15, 0.2) is 0 Å². The zero-order valence-corrected chi connectivity index (χ0v) is 10.3. The van der Waals surface area contributed by atoms with Crippen molar-refractivity contribution in [2.75, 3.05) is 31.4 Å². The molecular formula is C9H21Cl2NO. The quantitative estimate of drug-likeness (QED) is 0.732. The molecule has 0 aliphatic carbocycles. The molecule has 0 fully saturated rings. The molecule has 13 heavy (non-hydrogen) atoms. The molecule has 0 unspecified atom stereocenters. The average Bonchev–Trinajstić information content (AvgIpc) is 2.20. The van der Waals surface area contributed by atoms with E-state index in [2.05, 4.69) is 25.7 Å². The summed E-state index contributed by atoms with van der Waals surface area (Å²) in [4.78, 5) is 2.38. The smallest absolute Gasteiger partial charge is 0.0810 e. The Morgan fingerprint density at radius 2 is 1.31 bits per heavy atom. The van der Waals surface area contributed by atoms with Crippen molar-refractivity contribution < 1.29 is 5.11 Å². The summed E-state index contributed by atoms with van der Waals surface area (Å²) in [6, 6.07) is 0. The van der Waals surface area contributed by atoms with E-state index >= 15 is 0 Å². The van der Waals surface area contributed by atoms with Crippen LogP contribution in [-0.4, -0.2) is 47.5 Å². The zero-order chi connectivity index (χ0) is 10.7. The number of aliphatic hydroxyl groups excluding tert-OH is 1. The SMILES string of the molecule is CCN(CC)CC.OC(CCl)CCl. The molecule has 0 heterocycles. The Morgan fingerprint density at radius 1 is 1.00 bits per heavy atom. The molecule has 0 saturated heterocycles. The number of aliphatic hydroxyl groups is 1. The first-order valence-electron chi connectivity index (χ1n) is 4.68. The van der Waals surface area contributed by atoms with Crippen LogP contribution in [-0.2, 0) is 0 Å². The van der Waals surface area contributed by atoms with Gasteiger partial charge in [-0.25, -0.2) is 0 Å². The zero-order valence-electron chi connectivity index (χ0n) is 8.76. The first-order chi connectivity index (χ1) is 6.15. The monoisotopic (exact) mass is 229 g/mol. The summed E-state index contributed by atoms with van der Waals surface area (Å²) >= 11 is 10.2. The van der Waals surface area contributed by atoms with Crippen LogP contribution < -0.4 is 0 Å². The summed E-state index contributed by atoms with van der Waals surface area (Å²) < 4.78 is 0. The molecule has 0 aromatic rings. The predicted octanol–water partition coefficient (Wildman–Crippen LogP) is 2.17. The van der Waals surface area contributed by atoms with Gasteiger partial charge in [0, 0.05) is 11.8 Å². The van der Waals surface area contributed by atoms with Gasteiger partial charge in [-0.15, -0.1) is 23.2 Å². The van der Waals surface area contributed by atoms with Crippen LogP contribution in [0.1, 0.15) is 20.8 Å². The highest BCUT2D eigenvalue weighted by atomic mass is 35.5. The molecular weight excluding hydrogens is 209 g/mol. The largest absolute Gasteiger partial charge is 0.391 e. The maximum atomic E-state index is 8.40. The van der Waals surface area contributed by atoms with E-state index < -0.39 is 6.10 Å². The molecule has 0 radical (unpaired) electrons. The third kappa shape index (κ3) is 12.5. The van der Waals surface area contributed by atoms with E-state index in [1.54, 1.807) is 0 Å². The number of nitrogens with zero attached hydrogens (tertiary/aromatic N) is 1. The average molecular weight is 230 g/mol. The second-order valence-electron chi connectivity index (χ2n) is 2.58. The first kappa shape index (κ1) is 15.9. The van der Waals surface area contributed by atoms with Gasteiger partial charge in [0.2, 0.25) is 0 Å². The van der Waals surface area contributed by atoms with Gasteiger partial charge in [0.25, 0.3) is 0 Å². The Labute approximate surface area is 91.8 Å². The summed E-state index contributed by atoms with van der Waals surface area (Å²) in [5.74, 6) is 0.451. The van der Waals surface area contributed by atoms with E-state index in [1.807, 2.05) is 0 Å². The summed E-state index contributed by atoms with van der Waals surface area (Å²) in [7, 11) is 0. The third-order valence-corrected chi connectivity index (χ3v) is 2.41. The van der Waals surface area contributed by atoms with Gasteiger partial charge in [-0.2, -0.15) is 0 Å². The second kappa shape index (κ2) is 12.5. The normalized spacial score (nSPS) is 10.2. The fourth-order valence-corrected chi connectivity index (χ4v) is 1.04. The predicted molar refractivity (Wildman–Crippen MR) is 60.9 cm³/mol. The number of hydrogen-bond acceptors (Lipinski definition) is 2. The summed E-state index contributed by atoms with van der Waals surface area (Å²) in [6.07, 6.45) is -0.534. The van der Waals surface area contributed by atoms with Crippen molar-refractivity contribution in [2.24, 2.45) is 0 Å². The Bertz CT molecular complexity index is 80.2. The molecule has 0 amide bonds. The van der Waals surface area contributed by atoms with Crippen molar-refractivity contribution in [1.29, 1.82) is 0 Å². The molecule has 0 aliphatic rings. The van der Waals surface area contributed by atoms with Crippen molar-refractivity contribution >= 4 is 23.2 Å². The van der Waals surface area contributed by atoms with Gasteiger partial charge in [-0.05, 0) is 19.6 Å². The van der Waals surface area contributed by atoms with Gasteiger partial charge in [0.1, 0.15) is 0 Å².